The highest BCUT2D eigenvalue weighted by Gasteiger charge is 2.19. The lowest BCUT2D eigenvalue weighted by Crippen LogP contribution is -2.37. The molecule has 1 heterocycles. The molecule has 0 amide bonds. The Kier molecular flexibility index (Phi) is 8.64. The van der Waals surface area contributed by atoms with Crippen LogP contribution in [0.25, 0.3) is 0 Å². The van der Waals surface area contributed by atoms with Gasteiger partial charge in [0, 0.05) is 19.8 Å². The maximum Gasteiger partial charge on any atom is 0.0495 e. The van der Waals surface area contributed by atoms with Crippen LogP contribution in [0.5, 0.6) is 0 Å². The van der Waals surface area contributed by atoms with Crippen LogP contribution in [0, 0.1) is 11.8 Å². The van der Waals surface area contributed by atoms with Crippen LogP contribution >= 0.6 is 0 Å². The van der Waals surface area contributed by atoms with E-state index in [2.05, 4.69) is 31.0 Å². The van der Waals surface area contributed by atoms with E-state index < -0.39 is 0 Å². The fraction of sp³-hybridized carbons (Fsp3) is 1.00. The minimum absolute atomic E-state index is 0.795. The van der Waals surface area contributed by atoms with Crippen molar-refractivity contribution in [1.82, 2.24) is 10.2 Å². The molecular formula is C15H32N2O. The Morgan fingerprint density at radius 3 is 2.61 bits per heavy atom. The average molecular weight is 256 g/mol. The molecule has 0 spiro atoms. The van der Waals surface area contributed by atoms with Crippen molar-refractivity contribution in [3.8, 4) is 0 Å². The Bertz CT molecular complexity index is 189. The van der Waals surface area contributed by atoms with Gasteiger partial charge in [0.05, 0.1) is 0 Å². The molecule has 3 nitrogen and oxygen atoms in total. The summed E-state index contributed by atoms with van der Waals surface area (Å²) in [5.41, 5.74) is 0. The first kappa shape index (κ1) is 15.9. The van der Waals surface area contributed by atoms with E-state index in [1.165, 1.54) is 32.5 Å². The van der Waals surface area contributed by atoms with Crippen LogP contribution in [0.2, 0.25) is 0 Å². The first-order chi connectivity index (χ1) is 8.72. The summed E-state index contributed by atoms with van der Waals surface area (Å²) < 4.78 is 5.78. The van der Waals surface area contributed by atoms with Crippen LogP contribution in [0.15, 0.2) is 0 Å². The van der Waals surface area contributed by atoms with Crippen LogP contribution in [-0.4, -0.2) is 50.8 Å². The van der Waals surface area contributed by atoms with Gasteiger partial charge in [-0.25, -0.2) is 0 Å². The summed E-state index contributed by atoms with van der Waals surface area (Å²) in [5.74, 6) is 1.59. The lowest BCUT2D eigenvalue weighted by atomic mass is 9.97. The number of nitrogens with one attached hydrogen (secondary N) is 1. The van der Waals surface area contributed by atoms with Gasteiger partial charge in [-0.1, -0.05) is 20.8 Å². The largest absolute Gasteiger partial charge is 0.381 e. The van der Waals surface area contributed by atoms with Crippen molar-refractivity contribution in [3.63, 3.8) is 0 Å². The second-order valence-electron chi connectivity index (χ2n) is 5.92. The zero-order valence-electron chi connectivity index (χ0n) is 12.6. The maximum absolute atomic E-state index is 5.78. The predicted octanol–water partition coefficient (Wildman–Crippen LogP) is 2.37. The number of nitrogens with zero attached hydrogens (tertiary/aromatic N) is 1. The van der Waals surface area contributed by atoms with Crippen LogP contribution in [0.1, 0.15) is 40.0 Å². The van der Waals surface area contributed by atoms with Crippen LogP contribution in [0.4, 0.5) is 0 Å². The molecule has 1 aliphatic rings. The highest BCUT2D eigenvalue weighted by Crippen LogP contribution is 2.18. The van der Waals surface area contributed by atoms with Gasteiger partial charge >= 0.3 is 0 Å². The van der Waals surface area contributed by atoms with Crippen molar-refractivity contribution in [2.75, 3.05) is 45.9 Å². The summed E-state index contributed by atoms with van der Waals surface area (Å²) in [6.45, 7) is 14.6. The monoisotopic (exact) mass is 256 g/mol. The lowest BCUT2D eigenvalue weighted by Gasteiger charge is -2.32. The normalized spacial score (nSPS) is 18.7. The molecule has 0 bridgehead atoms. The maximum atomic E-state index is 5.78. The summed E-state index contributed by atoms with van der Waals surface area (Å²) >= 11 is 0. The van der Waals surface area contributed by atoms with Gasteiger partial charge in [-0.05, 0) is 57.3 Å². The third-order valence-electron chi connectivity index (χ3n) is 3.58. The van der Waals surface area contributed by atoms with Gasteiger partial charge in [-0.15, -0.1) is 0 Å². The van der Waals surface area contributed by atoms with Gasteiger partial charge in [0.2, 0.25) is 0 Å². The van der Waals surface area contributed by atoms with E-state index in [0.717, 1.165) is 44.6 Å². The Morgan fingerprint density at radius 2 is 2.00 bits per heavy atom. The minimum Gasteiger partial charge on any atom is -0.381 e. The van der Waals surface area contributed by atoms with Gasteiger partial charge in [0.15, 0.2) is 0 Å². The third kappa shape index (κ3) is 7.34. The molecule has 0 saturated carbocycles. The van der Waals surface area contributed by atoms with Crippen molar-refractivity contribution in [2.24, 2.45) is 11.8 Å². The highest BCUT2D eigenvalue weighted by atomic mass is 16.5. The fourth-order valence-electron chi connectivity index (χ4n) is 2.58. The van der Waals surface area contributed by atoms with Gasteiger partial charge in [0.25, 0.3) is 0 Å². The molecule has 108 valence electrons. The molecule has 0 aromatic heterocycles. The van der Waals surface area contributed by atoms with E-state index in [1.54, 1.807) is 0 Å². The molecule has 3 heteroatoms. The summed E-state index contributed by atoms with van der Waals surface area (Å²) in [7, 11) is 0. The van der Waals surface area contributed by atoms with Gasteiger partial charge < -0.3 is 15.0 Å². The van der Waals surface area contributed by atoms with E-state index in [4.69, 9.17) is 4.74 Å². The van der Waals surface area contributed by atoms with Crippen molar-refractivity contribution < 1.29 is 4.74 Å². The van der Waals surface area contributed by atoms with Crippen molar-refractivity contribution in [2.45, 2.75) is 40.0 Å². The Labute approximate surface area is 113 Å². The van der Waals surface area contributed by atoms with E-state index in [0.29, 0.717) is 0 Å². The van der Waals surface area contributed by atoms with E-state index in [-0.39, 0.29) is 0 Å². The summed E-state index contributed by atoms with van der Waals surface area (Å²) in [6, 6.07) is 0. The molecule has 1 fully saturated rings. The quantitative estimate of drug-likeness (QED) is 0.641. The molecule has 1 saturated heterocycles. The molecule has 0 aromatic rings. The SMILES string of the molecule is CCNCCCOCC1CCN(CC(C)C)CC1. The highest BCUT2D eigenvalue weighted by molar-refractivity contribution is 4.72. The smallest absolute Gasteiger partial charge is 0.0495 e. The predicted molar refractivity (Wildman–Crippen MR) is 78.0 cm³/mol. The van der Waals surface area contributed by atoms with E-state index >= 15 is 0 Å². The van der Waals surface area contributed by atoms with E-state index in [1.807, 2.05) is 0 Å². The van der Waals surface area contributed by atoms with Crippen molar-refractivity contribution >= 4 is 0 Å². The molecule has 0 atom stereocenters. The topological polar surface area (TPSA) is 24.5 Å². The Hall–Kier alpha value is -0.120. The van der Waals surface area contributed by atoms with Crippen molar-refractivity contribution in [1.29, 1.82) is 0 Å². The number of rotatable bonds is 9. The third-order valence-corrected chi connectivity index (χ3v) is 3.58. The molecule has 1 aliphatic heterocycles. The molecule has 0 radical (unpaired) electrons. The fourth-order valence-corrected chi connectivity index (χ4v) is 2.58. The standard InChI is InChI=1S/C15H32N2O/c1-4-16-8-5-11-18-13-15-6-9-17(10-7-15)12-14(2)3/h14-16H,4-13H2,1-3H3. The molecule has 18 heavy (non-hydrogen) atoms. The molecule has 0 aromatic carbocycles. The number of likely N-dealkylation sites (tertiary alicyclic amines) is 1. The van der Waals surface area contributed by atoms with Gasteiger partial charge in [-0.2, -0.15) is 0 Å². The average Bonchev–Trinajstić information content (AvgIpc) is 2.35. The second kappa shape index (κ2) is 9.76. The van der Waals surface area contributed by atoms with Gasteiger partial charge in [-0.3, -0.25) is 0 Å². The summed E-state index contributed by atoms with van der Waals surface area (Å²) in [6.07, 6.45) is 3.78. The summed E-state index contributed by atoms with van der Waals surface area (Å²) in [4.78, 5) is 2.60. The lowest BCUT2D eigenvalue weighted by molar-refractivity contribution is 0.0634. The number of hydrogen-bond donors (Lipinski definition) is 1. The zero-order valence-corrected chi connectivity index (χ0v) is 12.6. The van der Waals surface area contributed by atoms with Crippen LogP contribution < -0.4 is 5.32 Å². The second-order valence-corrected chi connectivity index (χ2v) is 5.92. The zero-order chi connectivity index (χ0) is 13.2. The van der Waals surface area contributed by atoms with Crippen LogP contribution in [-0.2, 0) is 4.74 Å². The van der Waals surface area contributed by atoms with E-state index in [9.17, 15) is 0 Å². The summed E-state index contributed by atoms with van der Waals surface area (Å²) in [5, 5.41) is 3.32. The van der Waals surface area contributed by atoms with Gasteiger partial charge in [0.1, 0.15) is 0 Å². The minimum atomic E-state index is 0.795. The van der Waals surface area contributed by atoms with Crippen molar-refractivity contribution in [3.05, 3.63) is 0 Å². The molecule has 0 aliphatic carbocycles. The Morgan fingerprint density at radius 1 is 1.28 bits per heavy atom. The Balaban J connectivity index is 1.95. The number of piperidine rings is 1. The first-order valence-electron chi connectivity index (χ1n) is 7.73. The molecule has 1 N–H and O–H groups in total. The van der Waals surface area contributed by atoms with Crippen LogP contribution in [0.3, 0.4) is 0 Å². The molecule has 1 rings (SSSR count). The number of ether oxygens (including phenoxy) is 1. The molecule has 0 unspecified atom stereocenters. The molecular weight excluding hydrogens is 224 g/mol. The number of hydrogen-bond acceptors (Lipinski definition) is 3. The first-order valence-corrected chi connectivity index (χ1v) is 7.73.